The second kappa shape index (κ2) is 7.63. The number of hydrogen-bond donors (Lipinski definition) is 0. The van der Waals surface area contributed by atoms with Crippen molar-refractivity contribution < 1.29 is 0 Å². The molecule has 0 radical (unpaired) electrons. The Morgan fingerprint density at radius 2 is 1.60 bits per heavy atom. The zero-order valence-corrected chi connectivity index (χ0v) is 13.3. The first-order valence-electron chi connectivity index (χ1n) is 6.08. The predicted molar refractivity (Wildman–Crippen MR) is 82.0 cm³/mol. The Morgan fingerprint density at radius 3 is 2.07 bits per heavy atom. The zero-order valence-electron chi connectivity index (χ0n) is 9.91. The van der Waals surface area contributed by atoms with Crippen LogP contribution in [0.2, 0.25) is 0 Å². The van der Waals surface area contributed by atoms with Crippen LogP contribution in [-0.4, -0.2) is 17.7 Å². The van der Waals surface area contributed by atoms with Crippen molar-refractivity contribution in [1.82, 2.24) is 0 Å². The van der Waals surface area contributed by atoms with Crippen LogP contribution in [-0.2, 0) is 11.8 Å². The fourth-order valence-corrected chi connectivity index (χ4v) is 13.9. The molecule has 0 N–H and O–H groups in total. The molecule has 0 bridgehead atoms. The Kier molecular flexibility index (Phi) is 7.33. The van der Waals surface area contributed by atoms with Crippen molar-refractivity contribution in [3.05, 3.63) is 0 Å². The van der Waals surface area contributed by atoms with Gasteiger partial charge in [0.2, 0.25) is 0 Å². The third kappa shape index (κ3) is 5.48. The average molecular weight is 282 g/mol. The van der Waals surface area contributed by atoms with Crippen LogP contribution in [0.3, 0.4) is 0 Å². The highest BCUT2D eigenvalue weighted by atomic mass is 33.2. The fraction of sp³-hybridized carbons (Fsp3) is 1.00. The maximum Gasteiger partial charge on any atom is 0.0574 e. The third-order valence-corrected chi connectivity index (χ3v) is 14.2. The lowest BCUT2D eigenvalue weighted by molar-refractivity contribution is 0.390. The van der Waals surface area contributed by atoms with Crippen LogP contribution in [0.5, 0.6) is 0 Å². The molecule has 1 rings (SSSR count). The van der Waals surface area contributed by atoms with Gasteiger partial charge >= 0.3 is 0 Å². The maximum absolute atomic E-state index is 5.92. The Balaban J connectivity index is 2.45. The van der Waals surface area contributed by atoms with Crippen LogP contribution in [0.15, 0.2) is 0 Å². The summed E-state index contributed by atoms with van der Waals surface area (Å²) in [5.74, 6) is 3.37. The first-order valence-corrected chi connectivity index (χ1v) is 12.2. The molecule has 1 aliphatic carbocycles. The summed E-state index contributed by atoms with van der Waals surface area (Å²) in [4.78, 5) is 0. The smallest absolute Gasteiger partial charge is 0.0574 e. The van der Waals surface area contributed by atoms with Gasteiger partial charge in [-0.2, -0.15) is 0 Å². The van der Waals surface area contributed by atoms with Crippen LogP contribution >= 0.6 is 27.2 Å². The standard InChI is InChI=1S/C11H23PS3/c1-3-14-12(13,15-4-2)10-11-8-6-5-7-9-11/h11H,3-10H2,1-2H3. The Labute approximate surface area is 108 Å². The van der Waals surface area contributed by atoms with E-state index in [9.17, 15) is 0 Å². The van der Waals surface area contributed by atoms with E-state index in [2.05, 4.69) is 36.6 Å². The van der Waals surface area contributed by atoms with Gasteiger partial charge in [-0.15, -0.1) is 22.8 Å². The topological polar surface area (TPSA) is 0 Å². The molecule has 0 aromatic carbocycles. The van der Waals surface area contributed by atoms with Crippen molar-refractivity contribution in [2.45, 2.75) is 46.0 Å². The van der Waals surface area contributed by atoms with E-state index in [1.165, 1.54) is 49.8 Å². The molecule has 1 aliphatic rings. The van der Waals surface area contributed by atoms with Crippen molar-refractivity contribution in [3.8, 4) is 0 Å². The molecular weight excluding hydrogens is 259 g/mol. The molecule has 0 unspecified atom stereocenters. The molecule has 0 aromatic rings. The summed E-state index contributed by atoms with van der Waals surface area (Å²) in [6, 6.07) is 0. The minimum atomic E-state index is -1.12. The summed E-state index contributed by atoms with van der Waals surface area (Å²) in [6.45, 7) is 4.51. The van der Waals surface area contributed by atoms with Gasteiger partial charge in [0.1, 0.15) is 0 Å². The molecular formula is C11H23PS3. The van der Waals surface area contributed by atoms with E-state index < -0.39 is 4.44 Å². The van der Waals surface area contributed by atoms with Gasteiger partial charge in [-0.05, 0) is 23.6 Å². The van der Waals surface area contributed by atoms with Gasteiger partial charge in [0.15, 0.2) is 0 Å². The Morgan fingerprint density at radius 1 is 1.07 bits per heavy atom. The molecule has 0 saturated heterocycles. The summed E-state index contributed by atoms with van der Waals surface area (Å²) in [5.41, 5.74) is 0. The first-order chi connectivity index (χ1) is 7.20. The van der Waals surface area contributed by atoms with Crippen LogP contribution in [0.4, 0.5) is 0 Å². The maximum atomic E-state index is 5.92. The molecule has 1 saturated carbocycles. The molecule has 0 spiro atoms. The van der Waals surface area contributed by atoms with Gasteiger partial charge in [0, 0.05) is 0 Å². The lowest BCUT2D eigenvalue weighted by Crippen LogP contribution is -2.09. The number of hydrogen-bond acceptors (Lipinski definition) is 3. The zero-order chi connectivity index (χ0) is 11.1. The van der Waals surface area contributed by atoms with E-state index in [4.69, 9.17) is 11.8 Å². The van der Waals surface area contributed by atoms with Gasteiger partial charge < -0.3 is 0 Å². The van der Waals surface area contributed by atoms with Crippen molar-refractivity contribution in [2.24, 2.45) is 5.92 Å². The molecule has 0 heterocycles. The van der Waals surface area contributed by atoms with Crippen LogP contribution in [0.1, 0.15) is 46.0 Å². The van der Waals surface area contributed by atoms with E-state index in [0.29, 0.717) is 0 Å². The molecule has 0 nitrogen and oxygen atoms in total. The summed E-state index contributed by atoms with van der Waals surface area (Å²) in [5, 5.41) is 0. The monoisotopic (exact) mass is 282 g/mol. The molecule has 1 fully saturated rings. The molecule has 0 amide bonds. The van der Waals surface area contributed by atoms with Gasteiger partial charge in [0.05, 0.1) is 4.44 Å². The lowest BCUT2D eigenvalue weighted by atomic mass is 9.91. The molecule has 0 atom stereocenters. The summed E-state index contributed by atoms with van der Waals surface area (Å²) >= 11 is 10.1. The molecule has 0 aromatic heterocycles. The second-order valence-corrected chi connectivity index (χ2v) is 16.6. The summed E-state index contributed by atoms with van der Waals surface area (Å²) in [7, 11) is 0. The van der Waals surface area contributed by atoms with Crippen LogP contribution in [0.25, 0.3) is 0 Å². The SMILES string of the molecule is CCSP(=S)(CC1CCCCC1)SCC. The Bertz CT molecular complexity index is 202. The molecule has 0 aliphatic heterocycles. The van der Waals surface area contributed by atoms with E-state index in [1.54, 1.807) is 0 Å². The van der Waals surface area contributed by atoms with Crippen LogP contribution in [0, 0.1) is 5.92 Å². The van der Waals surface area contributed by atoms with E-state index in [1.807, 2.05) is 0 Å². The highest BCUT2D eigenvalue weighted by Gasteiger charge is 2.23. The minimum Gasteiger partial charge on any atom is -0.114 e. The molecule has 15 heavy (non-hydrogen) atoms. The molecule has 90 valence electrons. The van der Waals surface area contributed by atoms with Crippen molar-refractivity contribution in [3.63, 3.8) is 0 Å². The van der Waals surface area contributed by atoms with E-state index in [0.717, 1.165) is 5.92 Å². The van der Waals surface area contributed by atoms with Crippen LogP contribution < -0.4 is 0 Å². The normalized spacial score (nSPS) is 19.3. The van der Waals surface area contributed by atoms with Crippen molar-refractivity contribution >= 4 is 39.0 Å². The Hall–Kier alpha value is 1.35. The van der Waals surface area contributed by atoms with E-state index >= 15 is 0 Å². The highest BCUT2D eigenvalue weighted by Crippen LogP contribution is 2.70. The summed E-state index contributed by atoms with van der Waals surface area (Å²) in [6.07, 6.45) is 8.63. The first kappa shape index (κ1) is 14.4. The number of rotatable bonds is 6. The molecule has 4 heteroatoms. The lowest BCUT2D eigenvalue weighted by Gasteiger charge is -2.28. The third-order valence-electron chi connectivity index (χ3n) is 2.86. The minimum absolute atomic E-state index is 0.961. The largest absolute Gasteiger partial charge is 0.114 e. The fourth-order valence-electron chi connectivity index (χ4n) is 2.22. The quantitative estimate of drug-likeness (QED) is 0.600. The second-order valence-electron chi connectivity index (χ2n) is 4.13. The summed E-state index contributed by atoms with van der Waals surface area (Å²) < 4.78 is -1.12. The van der Waals surface area contributed by atoms with Gasteiger partial charge in [-0.3, -0.25) is 0 Å². The predicted octanol–water partition coefficient (Wildman–Crippen LogP) is 5.38. The van der Waals surface area contributed by atoms with Gasteiger partial charge in [-0.1, -0.05) is 57.8 Å². The van der Waals surface area contributed by atoms with Gasteiger partial charge in [-0.25, -0.2) is 0 Å². The van der Waals surface area contributed by atoms with Gasteiger partial charge in [0.25, 0.3) is 0 Å². The highest BCUT2D eigenvalue weighted by molar-refractivity contribution is 9.00. The average Bonchev–Trinajstić information content (AvgIpc) is 2.19. The van der Waals surface area contributed by atoms with Crippen molar-refractivity contribution in [1.29, 1.82) is 0 Å². The van der Waals surface area contributed by atoms with Crippen molar-refractivity contribution in [2.75, 3.05) is 17.7 Å². The van der Waals surface area contributed by atoms with E-state index in [-0.39, 0.29) is 0 Å².